The van der Waals surface area contributed by atoms with Gasteiger partial charge in [0.05, 0.1) is 22.4 Å². The van der Waals surface area contributed by atoms with Crippen LogP contribution in [0.5, 0.6) is 0 Å². The highest BCUT2D eigenvalue weighted by Crippen LogP contribution is 2.27. The molecule has 1 heterocycles. The first-order valence-electron chi connectivity index (χ1n) is 5.13. The lowest BCUT2D eigenvalue weighted by molar-refractivity contribution is 0.788. The van der Waals surface area contributed by atoms with Gasteiger partial charge in [0, 0.05) is 8.95 Å². The summed E-state index contributed by atoms with van der Waals surface area (Å²) in [5.74, 6) is 0. The number of alkyl halides is 1. The second-order valence-electron chi connectivity index (χ2n) is 3.56. The van der Waals surface area contributed by atoms with Gasteiger partial charge in [-0.1, -0.05) is 44.0 Å². The maximum Gasteiger partial charge on any atom is 0.0967 e. The highest BCUT2D eigenvalue weighted by atomic mass is 79.9. The van der Waals surface area contributed by atoms with Crippen LogP contribution in [0.1, 0.15) is 23.9 Å². The largest absolute Gasteiger partial charge is 0.219 e. The van der Waals surface area contributed by atoms with Gasteiger partial charge in [-0.15, -0.1) is 5.10 Å². The Labute approximate surface area is 125 Å². The minimum Gasteiger partial charge on any atom is -0.219 e. The van der Waals surface area contributed by atoms with Crippen molar-refractivity contribution in [2.45, 2.75) is 18.2 Å². The van der Waals surface area contributed by atoms with Gasteiger partial charge < -0.3 is 0 Å². The number of benzene rings is 1. The lowest BCUT2D eigenvalue weighted by atomic mass is 10.3. The molecule has 3 nitrogen and oxygen atoms in total. The van der Waals surface area contributed by atoms with E-state index in [2.05, 4.69) is 65.0 Å². The van der Waals surface area contributed by atoms with Crippen molar-refractivity contribution in [1.82, 2.24) is 15.0 Å². The van der Waals surface area contributed by atoms with E-state index in [0.29, 0.717) is 0 Å². The monoisotopic (exact) mass is 421 g/mol. The maximum atomic E-state index is 4.16. The van der Waals surface area contributed by atoms with Gasteiger partial charge in [-0.25, -0.2) is 4.68 Å². The van der Waals surface area contributed by atoms with Crippen molar-refractivity contribution in [3.05, 3.63) is 39.0 Å². The van der Waals surface area contributed by atoms with Gasteiger partial charge in [0.25, 0.3) is 0 Å². The van der Waals surface area contributed by atoms with E-state index in [-0.39, 0.29) is 4.83 Å². The quantitative estimate of drug-likeness (QED) is 0.673. The highest BCUT2D eigenvalue weighted by molar-refractivity contribution is 9.11. The minimum atomic E-state index is 0.252. The van der Waals surface area contributed by atoms with Crippen molar-refractivity contribution in [3.63, 3.8) is 0 Å². The molecule has 0 bridgehead atoms. The van der Waals surface area contributed by atoms with Crippen molar-refractivity contribution in [1.29, 1.82) is 0 Å². The molecule has 0 aliphatic heterocycles. The van der Waals surface area contributed by atoms with Crippen molar-refractivity contribution in [3.8, 4) is 5.69 Å². The summed E-state index contributed by atoms with van der Waals surface area (Å²) in [6.07, 6.45) is 2.92. The Kier molecular flexibility index (Phi) is 4.38. The molecule has 2 aromatic rings. The molecule has 0 saturated carbocycles. The summed E-state index contributed by atoms with van der Waals surface area (Å²) in [4.78, 5) is 0.252. The molecule has 1 aromatic heterocycles. The van der Waals surface area contributed by atoms with Gasteiger partial charge in [-0.3, -0.25) is 0 Å². The number of hydrogen-bond donors (Lipinski definition) is 0. The third kappa shape index (κ3) is 2.98. The van der Waals surface area contributed by atoms with Crippen LogP contribution in [0.2, 0.25) is 0 Å². The Morgan fingerprint density at radius 2 is 2.12 bits per heavy atom. The van der Waals surface area contributed by atoms with Gasteiger partial charge >= 0.3 is 0 Å². The van der Waals surface area contributed by atoms with Crippen LogP contribution >= 0.6 is 47.8 Å². The van der Waals surface area contributed by atoms with Crippen molar-refractivity contribution in [2.24, 2.45) is 0 Å². The van der Waals surface area contributed by atoms with Crippen LogP contribution < -0.4 is 0 Å². The van der Waals surface area contributed by atoms with Gasteiger partial charge in [0.2, 0.25) is 0 Å². The molecule has 0 amide bonds. The summed E-state index contributed by atoms with van der Waals surface area (Å²) in [5, 5.41) is 8.31. The van der Waals surface area contributed by atoms with E-state index in [1.165, 1.54) is 0 Å². The van der Waals surface area contributed by atoms with Crippen LogP contribution in [0.15, 0.2) is 33.3 Å². The van der Waals surface area contributed by atoms with E-state index in [1.807, 2.05) is 24.4 Å². The fourth-order valence-electron chi connectivity index (χ4n) is 1.41. The molecule has 90 valence electrons. The van der Waals surface area contributed by atoms with Crippen molar-refractivity contribution in [2.75, 3.05) is 0 Å². The van der Waals surface area contributed by atoms with Crippen LogP contribution in [0.25, 0.3) is 5.69 Å². The van der Waals surface area contributed by atoms with Crippen LogP contribution in [0, 0.1) is 0 Å². The first kappa shape index (κ1) is 13.2. The second-order valence-corrected chi connectivity index (χ2v) is 6.43. The fourth-order valence-corrected chi connectivity index (χ4v) is 2.40. The summed E-state index contributed by atoms with van der Waals surface area (Å²) >= 11 is 10.5. The molecule has 0 fully saturated rings. The molecule has 0 saturated heterocycles. The van der Waals surface area contributed by atoms with E-state index in [0.717, 1.165) is 26.7 Å². The van der Waals surface area contributed by atoms with Crippen LogP contribution in [-0.2, 0) is 0 Å². The molecular weight excluding hydrogens is 414 g/mol. The Morgan fingerprint density at radius 1 is 1.35 bits per heavy atom. The summed E-state index contributed by atoms with van der Waals surface area (Å²) in [5.41, 5.74) is 1.91. The van der Waals surface area contributed by atoms with Crippen molar-refractivity contribution < 1.29 is 0 Å². The second kappa shape index (κ2) is 5.63. The SMILES string of the molecule is CCC(Br)c1cn(-c2cc(Br)ccc2Br)nn1. The molecule has 1 atom stereocenters. The van der Waals surface area contributed by atoms with Crippen LogP contribution in [0.3, 0.4) is 0 Å². The fraction of sp³-hybridized carbons (Fsp3) is 0.273. The van der Waals surface area contributed by atoms with E-state index < -0.39 is 0 Å². The molecular formula is C11H10Br3N3. The summed E-state index contributed by atoms with van der Waals surface area (Å²) < 4.78 is 3.77. The van der Waals surface area contributed by atoms with E-state index in [9.17, 15) is 0 Å². The molecule has 0 radical (unpaired) electrons. The predicted molar refractivity (Wildman–Crippen MR) is 78.7 cm³/mol. The van der Waals surface area contributed by atoms with E-state index in [4.69, 9.17) is 0 Å². The molecule has 1 aromatic carbocycles. The zero-order valence-electron chi connectivity index (χ0n) is 9.07. The summed E-state index contributed by atoms with van der Waals surface area (Å²) in [6, 6.07) is 5.95. The summed E-state index contributed by atoms with van der Waals surface area (Å²) in [7, 11) is 0. The standard InChI is InChI=1S/C11H10Br3N3/c1-2-8(13)10-6-17(16-15-10)11-5-7(12)3-4-9(11)14/h3-6,8H,2H2,1H3. The third-order valence-electron chi connectivity index (χ3n) is 2.35. The average Bonchev–Trinajstić information content (AvgIpc) is 2.80. The lowest BCUT2D eigenvalue weighted by Gasteiger charge is -2.04. The maximum absolute atomic E-state index is 4.16. The predicted octanol–water partition coefficient (Wildman–Crippen LogP) is 4.64. The molecule has 1 unspecified atom stereocenters. The highest BCUT2D eigenvalue weighted by Gasteiger charge is 2.11. The van der Waals surface area contributed by atoms with Gasteiger partial charge in [0.1, 0.15) is 0 Å². The minimum absolute atomic E-state index is 0.252. The smallest absolute Gasteiger partial charge is 0.0967 e. The Morgan fingerprint density at radius 3 is 2.82 bits per heavy atom. The van der Waals surface area contributed by atoms with Crippen molar-refractivity contribution >= 4 is 47.8 Å². The summed E-state index contributed by atoms with van der Waals surface area (Å²) in [6.45, 7) is 2.10. The molecule has 0 aliphatic carbocycles. The number of nitrogens with zero attached hydrogens (tertiary/aromatic N) is 3. The van der Waals surface area contributed by atoms with Gasteiger partial charge in [-0.2, -0.15) is 0 Å². The van der Waals surface area contributed by atoms with Crippen LogP contribution in [0.4, 0.5) is 0 Å². The number of rotatable bonds is 3. The van der Waals surface area contributed by atoms with E-state index in [1.54, 1.807) is 4.68 Å². The van der Waals surface area contributed by atoms with Gasteiger partial charge in [-0.05, 0) is 40.5 Å². The zero-order chi connectivity index (χ0) is 12.4. The molecule has 0 N–H and O–H groups in total. The molecule has 17 heavy (non-hydrogen) atoms. The first-order chi connectivity index (χ1) is 8.11. The normalized spacial score (nSPS) is 12.7. The first-order valence-corrected chi connectivity index (χ1v) is 7.63. The molecule has 2 rings (SSSR count). The number of hydrogen-bond acceptors (Lipinski definition) is 2. The number of aromatic nitrogens is 3. The Hall–Kier alpha value is -0.200. The Bertz CT molecular complexity index is 524. The number of halogens is 3. The Balaban J connectivity index is 2.40. The average molecular weight is 424 g/mol. The molecule has 6 heteroatoms. The van der Waals surface area contributed by atoms with Crippen LogP contribution in [-0.4, -0.2) is 15.0 Å². The third-order valence-corrected chi connectivity index (χ3v) is 4.63. The topological polar surface area (TPSA) is 30.7 Å². The molecule has 0 spiro atoms. The molecule has 0 aliphatic rings. The lowest BCUT2D eigenvalue weighted by Crippen LogP contribution is -1.96. The zero-order valence-corrected chi connectivity index (χ0v) is 13.8. The van der Waals surface area contributed by atoms with E-state index >= 15 is 0 Å². The van der Waals surface area contributed by atoms with Gasteiger partial charge in [0.15, 0.2) is 0 Å².